The van der Waals surface area contributed by atoms with Crippen LogP contribution in [0.5, 0.6) is 0 Å². The number of ether oxygens (including phenoxy) is 2. The molecular formula is C22H22O5S2. The Morgan fingerprint density at radius 2 is 1.69 bits per heavy atom. The van der Waals surface area contributed by atoms with Gasteiger partial charge in [-0.05, 0) is 43.4 Å². The number of carbonyl (C=O) groups is 3. The van der Waals surface area contributed by atoms with E-state index in [0.29, 0.717) is 9.78 Å². The molecule has 0 bridgehead atoms. The quantitative estimate of drug-likeness (QED) is 0.272. The van der Waals surface area contributed by atoms with Crippen molar-refractivity contribution in [1.29, 1.82) is 0 Å². The molecule has 0 spiro atoms. The molecule has 0 saturated carbocycles. The third kappa shape index (κ3) is 4.31. The fourth-order valence-electron chi connectivity index (χ4n) is 3.25. The van der Waals surface area contributed by atoms with Crippen LogP contribution in [-0.4, -0.2) is 30.9 Å². The van der Waals surface area contributed by atoms with Gasteiger partial charge in [0, 0.05) is 10.2 Å². The van der Waals surface area contributed by atoms with Gasteiger partial charge in [-0.25, -0.2) is 0 Å². The van der Waals surface area contributed by atoms with Crippen molar-refractivity contribution in [1.82, 2.24) is 0 Å². The molecule has 1 saturated heterocycles. The number of esters is 2. The summed E-state index contributed by atoms with van der Waals surface area (Å²) in [6.45, 7) is 3.64. The molecule has 0 amide bonds. The molecule has 2 aromatic rings. The van der Waals surface area contributed by atoms with Gasteiger partial charge in [0.1, 0.15) is 0 Å². The van der Waals surface area contributed by atoms with E-state index in [1.54, 1.807) is 26.0 Å². The van der Waals surface area contributed by atoms with E-state index in [4.69, 9.17) is 9.47 Å². The molecule has 1 aliphatic heterocycles. The first-order valence-corrected chi connectivity index (χ1v) is 11.1. The second-order valence-corrected chi connectivity index (χ2v) is 8.61. The van der Waals surface area contributed by atoms with Crippen LogP contribution in [0.15, 0.2) is 58.8 Å². The normalized spacial score (nSPS) is 19.1. The number of carbonyl (C=O) groups excluding carboxylic acids is 3. The maximum Gasteiger partial charge on any atom is 0.328 e. The lowest BCUT2D eigenvalue weighted by Gasteiger charge is -2.25. The van der Waals surface area contributed by atoms with Crippen LogP contribution in [0.2, 0.25) is 0 Å². The van der Waals surface area contributed by atoms with E-state index < -0.39 is 17.4 Å². The van der Waals surface area contributed by atoms with Crippen molar-refractivity contribution in [2.45, 2.75) is 25.5 Å². The lowest BCUT2D eigenvalue weighted by atomic mass is 9.81. The number of ketones is 1. The number of thioether (sulfide) groups is 1. The van der Waals surface area contributed by atoms with Crippen LogP contribution in [0.4, 0.5) is 0 Å². The summed E-state index contributed by atoms with van der Waals surface area (Å²) in [7, 11) is 0. The molecule has 152 valence electrons. The molecule has 1 aromatic heterocycles. The Balaban J connectivity index is 2.09. The lowest BCUT2D eigenvalue weighted by molar-refractivity contribution is -0.168. The molecule has 1 atom stereocenters. The summed E-state index contributed by atoms with van der Waals surface area (Å²) >= 11 is 2.66. The molecule has 3 rings (SSSR count). The van der Waals surface area contributed by atoms with E-state index in [9.17, 15) is 14.4 Å². The largest absolute Gasteiger partial charge is 0.465 e. The second kappa shape index (κ2) is 9.41. The Labute approximate surface area is 178 Å². The van der Waals surface area contributed by atoms with Gasteiger partial charge in [0.25, 0.3) is 0 Å². The Bertz CT molecular complexity index is 885. The van der Waals surface area contributed by atoms with Crippen molar-refractivity contribution in [3.8, 4) is 0 Å². The third-order valence-corrected chi connectivity index (χ3v) is 6.95. The Kier molecular flexibility index (Phi) is 6.92. The van der Waals surface area contributed by atoms with Gasteiger partial charge in [0.15, 0.2) is 11.2 Å². The van der Waals surface area contributed by atoms with Gasteiger partial charge in [0.2, 0.25) is 0 Å². The lowest BCUT2D eigenvalue weighted by Crippen LogP contribution is -2.41. The Morgan fingerprint density at radius 1 is 1.03 bits per heavy atom. The summed E-state index contributed by atoms with van der Waals surface area (Å²) in [5.41, 5.74) is -0.660. The highest BCUT2D eigenvalue weighted by Crippen LogP contribution is 2.59. The summed E-state index contributed by atoms with van der Waals surface area (Å²) in [4.78, 5) is 39.8. The van der Waals surface area contributed by atoms with Crippen molar-refractivity contribution in [3.63, 3.8) is 0 Å². The number of benzene rings is 1. The van der Waals surface area contributed by atoms with Gasteiger partial charge >= 0.3 is 11.9 Å². The van der Waals surface area contributed by atoms with Gasteiger partial charge in [-0.3, -0.25) is 14.4 Å². The molecule has 1 aromatic carbocycles. The van der Waals surface area contributed by atoms with E-state index in [2.05, 4.69) is 0 Å². The number of rotatable bonds is 7. The highest BCUT2D eigenvalue weighted by Gasteiger charge is 2.58. The van der Waals surface area contributed by atoms with Crippen molar-refractivity contribution < 1.29 is 23.9 Å². The van der Waals surface area contributed by atoms with Crippen LogP contribution >= 0.6 is 23.1 Å². The zero-order valence-electron chi connectivity index (χ0n) is 16.3. The molecule has 29 heavy (non-hydrogen) atoms. The summed E-state index contributed by atoms with van der Waals surface area (Å²) in [5.74, 6) is -1.58. The molecule has 7 heteroatoms. The van der Waals surface area contributed by atoms with Crippen LogP contribution in [0.25, 0.3) is 0 Å². The standard InChI is InChI=1S/C22H22O5S2/c1-3-26-20(24)22(21(25)27-4-2)14-18(15-9-6-5-7-10-15)29-19(22)13-16(23)17-11-8-12-28-17/h5-13,18H,3-4,14H2,1-2H3/b19-13-/t18-/m0/s1. The fraction of sp³-hybridized carbons (Fsp3) is 0.318. The minimum atomic E-state index is -1.63. The highest BCUT2D eigenvalue weighted by atomic mass is 32.2. The Hall–Kier alpha value is -2.38. The molecule has 0 aliphatic carbocycles. The van der Waals surface area contributed by atoms with E-state index in [0.717, 1.165) is 5.56 Å². The monoisotopic (exact) mass is 430 g/mol. The first-order valence-electron chi connectivity index (χ1n) is 9.39. The predicted octanol–water partition coefficient (Wildman–Crippen LogP) is 4.81. The highest BCUT2D eigenvalue weighted by molar-refractivity contribution is 8.03. The van der Waals surface area contributed by atoms with Crippen LogP contribution in [-0.2, 0) is 19.1 Å². The van der Waals surface area contributed by atoms with Crippen molar-refractivity contribution >= 4 is 40.8 Å². The van der Waals surface area contributed by atoms with Crippen LogP contribution in [0, 0.1) is 5.41 Å². The zero-order chi connectivity index (χ0) is 20.9. The zero-order valence-corrected chi connectivity index (χ0v) is 17.9. The molecule has 0 N–H and O–H groups in total. The van der Waals surface area contributed by atoms with Crippen molar-refractivity contribution in [2.75, 3.05) is 13.2 Å². The average molecular weight is 431 g/mol. The number of allylic oxidation sites excluding steroid dienone is 1. The minimum Gasteiger partial charge on any atom is -0.465 e. The van der Waals surface area contributed by atoms with Crippen LogP contribution in [0.1, 0.15) is 40.8 Å². The van der Waals surface area contributed by atoms with E-state index in [1.165, 1.54) is 29.2 Å². The third-order valence-electron chi connectivity index (χ3n) is 4.63. The maximum atomic E-state index is 13.1. The first kappa shape index (κ1) is 21.3. The molecule has 5 nitrogen and oxygen atoms in total. The van der Waals surface area contributed by atoms with Gasteiger partial charge in [-0.15, -0.1) is 23.1 Å². The van der Waals surface area contributed by atoms with Gasteiger partial charge in [-0.2, -0.15) is 0 Å². The summed E-state index contributed by atoms with van der Waals surface area (Å²) < 4.78 is 10.6. The number of hydrogen-bond donors (Lipinski definition) is 0. The minimum absolute atomic E-state index is 0.132. The second-order valence-electron chi connectivity index (χ2n) is 6.42. The first-order chi connectivity index (χ1) is 14.0. The van der Waals surface area contributed by atoms with Gasteiger partial charge in [-0.1, -0.05) is 36.4 Å². The average Bonchev–Trinajstić information content (AvgIpc) is 3.38. The molecular weight excluding hydrogens is 408 g/mol. The van der Waals surface area contributed by atoms with Crippen LogP contribution in [0.3, 0.4) is 0 Å². The summed E-state index contributed by atoms with van der Waals surface area (Å²) in [6.07, 6.45) is 1.58. The van der Waals surface area contributed by atoms with Gasteiger partial charge in [0.05, 0.1) is 18.1 Å². The summed E-state index contributed by atoms with van der Waals surface area (Å²) in [5, 5.41) is 1.64. The van der Waals surface area contributed by atoms with Crippen molar-refractivity contribution in [2.24, 2.45) is 5.41 Å². The van der Waals surface area contributed by atoms with Crippen molar-refractivity contribution in [3.05, 3.63) is 69.3 Å². The predicted molar refractivity (Wildman–Crippen MR) is 114 cm³/mol. The van der Waals surface area contributed by atoms with Gasteiger partial charge < -0.3 is 9.47 Å². The molecule has 0 unspecified atom stereocenters. The number of hydrogen-bond acceptors (Lipinski definition) is 7. The van der Waals surface area contributed by atoms with E-state index >= 15 is 0 Å². The van der Waals surface area contributed by atoms with Crippen LogP contribution < -0.4 is 0 Å². The Morgan fingerprint density at radius 3 is 2.24 bits per heavy atom. The fourth-order valence-corrected chi connectivity index (χ4v) is 5.45. The van der Waals surface area contributed by atoms with E-state index in [-0.39, 0.29) is 30.7 Å². The molecule has 2 heterocycles. The molecule has 0 radical (unpaired) electrons. The smallest absolute Gasteiger partial charge is 0.328 e. The summed E-state index contributed by atoms with van der Waals surface area (Å²) in [6, 6.07) is 13.1. The SMILES string of the molecule is CCOC(=O)C1(C(=O)OCC)C[C@@H](c2ccccc2)S/C1=C\C(=O)c1cccs1. The molecule has 1 fully saturated rings. The topological polar surface area (TPSA) is 69.7 Å². The van der Waals surface area contributed by atoms with E-state index in [1.807, 2.05) is 35.7 Å². The number of thiophene rings is 1. The molecule has 1 aliphatic rings. The maximum absolute atomic E-state index is 13.1.